The van der Waals surface area contributed by atoms with Crippen LogP contribution in [0.3, 0.4) is 0 Å². The molecule has 1 unspecified atom stereocenters. The molecule has 0 aromatic carbocycles. The first-order valence-electron chi connectivity index (χ1n) is 8.93. The first-order chi connectivity index (χ1) is 11.4. The molecule has 0 bridgehead atoms. The third-order valence-corrected chi connectivity index (χ3v) is 4.78. The maximum absolute atomic E-state index is 11.8. The SMILES string of the molecule is C=C(C)CNC(=NCC(=O)N(C)C)NC1CCOC2(CCCC2)C1. The minimum absolute atomic E-state index is 0.00864. The van der Waals surface area contributed by atoms with E-state index in [1.807, 2.05) is 6.92 Å². The van der Waals surface area contributed by atoms with Crippen molar-refractivity contribution >= 4 is 11.9 Å². The average molecular weight is 336 g/mol. The summed E-state index contributed by atoms with van der Waals surface area (Å²) < 4.78 is 6.09. The maximum Gasteiger partial charge on any atom is 0.243 e. The number of rotatable bonds is 5. The van der Waals surface area contributed by atoms with Gasteiger partial charge in [0.2, 0.25) is 5.91 Å². The highest BCUT2D eigenvalue weighted by Gasteiger charge is 2.40. The van der Waals surface area contributed by atoms with Gasteiger partial charge in [-0.25, -0.2) is 4.99 Å². The summed E-state index contributed by atoms with van der Waals surface area (Å²) in [6.07, 6.45) is 6.84. The van der Waals surface area contributed by atoms with Gasteiger partial charge in [-0.3, -0.25) is 4.79 Å². The van der Waals surface area contributed by atoms with Crippen molar-refractivity contribution in [1.82, 2.24) is 15.5 Å². The van der Waals surface area contributed by atoms with Crippen molar-refractivity contribution in [3.8, 4) is 0 Å². The Hall–Kier alpha value is -1.56. The van der Waals surface area contributed by atoms with Crippen LogP contribution in [0, 0.1) is 0 Å². The van der Waals surface area contributed by atoms with Crippen LogP contribution < -0.4 is 10.6 Å². The topological polar surface area (TPSA) is 66.0 Å². The number of amides is 1. The molecule has 136 valence electrons. The van der Waals surface area contributed by atoms with E-state index >= 15 is 0 Å². The van der Waals surface area contributed by atoms with E-state index in [4.69, 9.17) is 4.74 Å². The summed E-state index contributed by atoms with van der Waals surface area (Å²) in [5, 5.41) is 6.77. The van der Waals surface area contributed by atoms with Gasteiger partial charge >= 0.3 is 0 Å². The van der Waals surface area contributed by atoms with E-state index in [2.05, 4.69) is 22.2 Å². The number of aliphatic imine (C=N–C) groups is 1. The van der Waals surface area contributed by atoms with Gasteiger partial charge in [-0.1, -0.05) is 25.0 Å². The van der Waals surface area contributed by atoms with E-state index in [-0.39, 0.29) is 18.1 Å². The standard InChI is InChI=1S/C18H32N4O2/c1-14(2)12-19-17(20-13-16(23)22(3)4)21-15-7-10-24-18(11-15)8-5-6-9-18/h15H,1,5-13H2,2-4H3,(H2,19,20,21). The second-order valence-corrected chi connectivity index (χ2v) is 7.34. The molecule has 1 spiro atoms. The molecule has 1 amide bonds. The minimum atomic E-state index is -0.00864. The first kappa shape index (κ1) is 18.8. The Labute approximate surface area is 145 Å². The lowest BCUT2D eigenvalue weighted by Crippen LogP contribution is -2.51. The van der Waals surface area contributed by atoms with Crippen molar-refractivity contribution in [2.24, 2.45) is 4.99 Å². The van der Waals surface area contributed by atoms with Crippen molar-refractivity contribution in [3.63, 3.8) is 0 Å². The molecule has 1 heterocycles. The second-order valence-electron chi connectivity index (χ2n) is 7.34. The zero-order valence-corrected chi connectivity index (χ0v) is 15.4. The fraction of sp³-hybridized carbons (Fsp3) is 0.778. The van der Waals surface area contributed by atoms with E-state index < -0.39 is 0 Å². The predicted octanol–water partition coefficient (Wildman–Crippen LogP) is 1.68. The number of carbonyl (C=O) groups is 1. The zero-order valence-electron chi connectivity index (χ0n) is 15.4. The van der Waals surface area contributed by atoms with Crippen molar-refractivity contribution < 1.29 is 9.53 Å². The molecule has 2 rings (SSSR count). The van der Waals surface area contributed by atoms with E-state index in [1.165, 1.54) is 12.8 Å². The van der Waals surface area contributed by atoms with Gasteiger partial charge in [0.15, 0.2) is 5.96 Å². The molecule has 1 aliphatic heterocycles. The van der Waals surface area contributed by atoms with Crippen molar-refractivity contribution in [3.05, 3.63) is 12.2 Å². The quantitative estimate of drug-likeness (QED) is 0.455. The van der Waals surface area contributed by atoms with Crippen LogP contribution in [0.4, 0.5) is 0 Å². The molecule has 0 radical (unpaired) electrons. The zero-order chi connectivity index (χ0) is 17.6. The summed E-state index contributed by atoms with van der Waals surface area (Å²) in [6, 6.07) is 0.336. The normalized spacial score (nSPS) is 23.1. The van der Waals surface area contributed by atoms with Gasteiger partial charge in [0.1, 0.15) is 6.54 Å². The molecule has 1 aliphatic carbocycles. The van der Waals surface area contributed by atoms with Gasteiger partial charge in [-0.15, -0.1) is 0 Å². The molecule has 2 N–H and O–H groups in total. The number of carbonyl (C=O) groups excluding carboxylic acids is 1. The number of nitrogens with one attached hydrogen (secondary N) is 2. The highest BCUT2D eigenvalue weighted by Crippen LogP contribution is 2.39. The molecule has 2 aliphatic rings. The summed E-state index contributed by atoms with van der Waals surface area (Å²) in [4.78, 5) is 17.8. The second kappa shape index (κ2) is 8.51. The fourth-order valence-corrected chi connectivity index (χ4v) is 3.39. The van der Waals surface area contributed by atoms with Gasteiger partial charge < -0.3 is 20.3 Å². The molecular weight excluding hydrogens is 304 g/mol. The Kier molecular flexibility index (Phi) is 6.66. The van der Waals surface area contributed by atoms with Crippen LogP contribution >= 0.6 is 0 Å². The summed E-state index contributed by atoms with van der Waals surface area (Å²) in [7, 11) is 3.49. The van der Waals surface area contributed by atoms with Gasteiger partial charge in [0.05, 0.1) is 5.60 Å². The maximum atomic E-state index is 11.8. The van der Waals surface area contributed by atoms with Gasteiger partial charge in [-0.2, -0.15) is 0 Å². The average Bonchev–Trinajstić information content (AvgIpc) is 2.97. The van der Waals surface area contributed by atoms with Crippen molar-refractivity contribution in [2.45, 2.75) is 57.1 Å². The Morgan fingerprint density at radius 3 is 2.71 bits per heavy atom. The third-order valence-electron chi connectivity index (χ3n) is 4.78. The summed E-state index contributed by atoms with van der Waals surface area (Å²) in [5.41, 5.74) is 1.09. The number of guanidine groups is 1. The Morgan fingerprint density at radius 1 is 1.38 bits per heavy atom. The summed E-state index contributed by atoms with van der Waals surface area (Å²) >= 11 is 0. The molecule has 1 saturated heterocycles. The van der Waals surface area contributed by atoms with Crippen LogP contribution in [0.15, 0.2) is 17.1 Å². The summed E-state index contributed by atoms with van der Waals surface area (Å²) in [6.45, 7) is 7.47. The number of hydrogen-bond donors (Lipinski definition) is 2. The molecule has 0 aromatic rings. The minimum Gasteiger partial charge on any atom is -0.375 e. The van der Waals surface area contributed by atoms with E-state index in [0.717, 1.165) is 37.9 Å². The van der Waals surface area contributed by atoms with E-state index in [9.17, 15) is 4.79 Å². The molecule has 1 saturated carbocycles. The smallest absolute Gasteiger partial charge is 0.243 e. The van der Waals surface area contributed by atoms with E-state index in [0.29, 0.717) is 18.5 Å². The molecule has 6 heteroatoms. The van der Waals surface area contributed by atoms with Crippen LogP contribution in [0.2, 0.25) is 0 Å². The highest BCUT2D eigenvalue weighted by molar-refractivity contribution is 5.85. The largest absolute Gasteiger partial charge is 0.375 e. The van der Waals surface area contributed by atoms with Crippen molar-refractivity contribution in [2.75, 3.05) is 33.8 Å². The Balaban J connectivity index is 1.96. The molecule has 1 atom stereocenters. The highest BCUT2D eigenvalue weighted by atomic mass is 16.5. The molecule has 6 nitrogen and oxygen atoms in total. The lowest BCUT2D eigenvalue weighted by Gasteiger charge is -2.39. The van der Waals surface area contributed by atoms with Gasteiger partial charge in [0, 0.05) is 33.3 Å². The van der Waals surface area contributed by atoms with Crippen LogP contribution in [-0.2, 0) is 9.53 Å². The molecule has 2 fully saturated rings. The Bertz CT molecular complexity index is 481. The molecule has 0 aromatic heterocycles. The lowest BCUT2D eigenvalue weighted by molar-refractivity contribution is -0.127. The van der Waals surface area contributed by atoms with Crippen molar-refractivity contribution in [1.29, 1.82) is 0 Å². The number of likely N-dealkylation sites (N-methyl/N-ethyl adjacent to an activating group) is 1. The van der Waals surface area contributed by atoms with Crippen LogP contribution in [-0.4, -0.2) is 62.2 Å². The van der Waals surface area contributed by atoms with Crippen LogP contribution in [0.1, 0.15) is 45.4 Å². The Morgan fingerprint density at radius 2 is 2.08 bits per heavy atom. The lowest BCUT2D eigenvalue weighted by atomic mass is 9.89. The van der Waals surface area contributed by atoms with E-state index in [1.54, 1.807) is 19.0 Å². The number of hydrogen-bond acceptors (Lipinski definition) is 3. The van der Waals surface area contributed by atoms with Crippen LogP contribution in [0.5, 0.6) is 0 Å². The fourth-order valence-electron chi connectivity index (χ4n) is 3.39. The predicted molar refractivity (Wildman–Crippen MR) is 97.1 cm³/mol. The van der Waals surface area contributed by atoms with Gasteiger partial charge in [0.25, 0.3) is 0 Å². The first-order valence-corrected chi connectivity index (χ1v) is 8.93. The summed E-state index contributed by atoms with van der Waals surface area (Å²) in [5.74, 6) is 0.680. The number of ether oxygens (including phenoxy) is 1. The monoisotopic (exact) mass is 336 g/mol. The molecular formula is C18H32N4O2. The van der Waals surface area contributed by atoms with Gasteiger partial charge in [-0.05, 0) is 32.6 Å². The van der Waals surface area contributed by atoms with Crippen LogP contribution in [0.25, 0.3) is 0 Å². The number of nitrogens with zero attached hydrogens (tertiary/aromatic N) is 2. The third kappa shape index (κ3) is 5.51. The molecule has 24 heavy (non-hydrogen) atoms.